The highest BCUT2D eigenvalue weighted by Crippen LogP contribution is 2.28. The van der Waals surface area contributed by atoms with E-state index in [1.807, 2.05) is 6.07 Å². The molecule has 0 unspecified atom stereocenters. The standard InChI is InChI=1S/C17H21NO/c1-3-12-18-13-6-9-16-15-8-5-4-7-14(15)10-11-17(16)19-2/h4-11,18H,3,12-13H2,1-2H3. The number of fused-ring (bicyclic) bond motifs is 1. The lowest BCUT2D eigenvalue weighted by molar-refractivity contribution is 0.414. The van der Waals surface area contributed by atoms with Crippen molar-refractivity contribution < 1.29 is 4.74 Å². The van der Waals surface area contributed by atoms with E-state index in [1.54, 1.807) is 7.11 Å². The smallest absolute Gasteiger partial charge is 0.126 e. The molecule has 0 amide bonds. The van der Waals surface area contributed by atoms with Crippen molar-refractivity contribution in [2.24, 2.45) is 0 Å². The normalized spacial score (nSPS) is 11.3. The molecule has 2 aromatic carbocycles. The van der Waals surface area contributed by atoms with Crippen molar-refractivity contribution in [3.63, 3.8) is 0 Å². The summed E-state index contributed by atoms with van der Waals surface area (Å²) in [5, 5.41) is 5.83. The third-order valence-corrected chi connectivity index (χ3v) is 3.12. The molecule has 1 N–H and O–H groups in total. The molecule has 0 atom stereocenters. The molecular weight excluding hydrogens is 234 g/mol. The highest BCUT2D eigenvalue weighted by Gasteiger charge is 2.04. The largest absolute Gasteiger partial charge is 0.496 e. The molecule has 0 saturated carbocycles. The van der Waals surface area contributed by atoms with Crippen molar-refractivity contribution in [2.75, 3.05) is 20.2 Å². The number of ether oxygens (including phenoxy) is 1. The summed E-state index contributed by atoms with van der Waals surface area (Å²) < 4.78 is 5.46. The molecule has 2 aromatic rings. The van der Waals surface area contributed by atoms with Crippen LogP contribution in [0.15, 0.2) is 42.5 Å². The Morgan fingerprint density at radius 3 is 2.79 bits per heavy atom. The van der Waals surface area contributed by atoms with Crippen LogP contribution in [0.25, 0.3) is 16.8 Å². The maximum Gasteiger partial charge on any atom is 0.126 e. The maximum atomic E-state index is 5.46. The molecule has 0 radical (unpaired) electrons. The first-order valence-electron chi connectivity index (χ1n) is 6.79. The summed E-state index contributed by atoms with van der Waals surface area (Å²) in [4.78, 5) is 0. The Bertz CT molecular complexity index is 560. The van der Waals surface area contributed by atoms with Crippen molar-refractivity contribution in [1.82, 2.24) is 5.32 Å². The second kappa shape index (κ2) is 6.95. The highest BCUT2D eigenvalue weighted by molar-refractivity contribution is 5.93. The van der Waals surface area contributed by atoms with Gasteiger partial charge in [0.1, 0.15) is 5.75 Å². The lowest BCUT2D eigenvalue weighted by atomic mass is 10.0. The molecule has 0 aromatic heterocycles. The van der Waals surface area contributed by atoms with Gasteiger partial charge in [-0.25, -0.2) is 0 Å². The van der Waals surface area contributed by atoms with Gasteiger partial charge in [-0.1, -0.05) is 49.4 Å². The van der Waals surface area contributed by atoms with Crippen LogP contribution in [0, 0.1) is 0 Å². The zero-order valence-corrected chi connectivity index (χ0v) is 11.6. The lowest BCUT2D eigenvalue weighted by Gasteiger charge is -2.08. The Balaban J connectivity index is 2.28. The van der Waals surface area contributed by atoms with Gasteiger partial charge in [0.25, 0.3) is 0 Å². The van der Waals surface area contributed by atoms with Crippen molar-refractivity contribution in [1.29, 1.82) is 0 Å². The molecule has 0 fully saturated rings. The number of methoxy groups -OCH3 is 1. The van der Waals surface area contributed by atoms with Crippen LogP contribution in [0.1, 0.15) is 18.9 Å². The lowest BCUT2D eigenvalue weighted by Crippen LogP contribution is -2.13. The van der Waals surface area contributed by atoms with Crippen LogP contribution in [0.4, 0.5) is 0 Å². The number of benzene rings is 2. The molecule has 2 rings (SSSR count). The Labute approximate surface area is 115 Å². The summed E-state index contributed by atoms with van der Waals surface area (Å²) in [7, 11) is 1.72. The summed E-state index contributed by atoms with van der Waals surface area (Å²) in [5.74, 6) is 0.922. The fraction of sp³-hybridized carbons (Fsp3) is 0.294. The Kier molecular flexibility index (Phi) is 4.99. The van der Waals surface area contributed by atoms with Crippen LogP contribution in [-0.4, -0.2) is 20.2 Å². The number of hydrogen-bond acceptors (Lipinski definition) is 2. The fourth-order valence-corrected chi connectivity index (χ4v) is 2.16. The van der Waals surface area contributed by atoms with E-state index in [9.17, 15) is 0 Å². The van der Waals surface area contributed by atoms with Gasteiger partial charge < -0.3 is 10.1 Å². The minimum absolute atomic E-state index is 0.889. The summed E-state index contributed by atoms with van der Waals surface area (Å²) in [6.07, 6.45) is 5.45. The first-order valence-corrected chi connectivity index (χ1v) is 6.79. The molecule has 0 aliphatic rings. The van der Waals surface area contributed by atoms with Crippen molar-refractivity contribution >= 4 is 16.8 Å². The third-order valence-electron chi connectivity index (χ3n) is 3.12. The summed E-state index contributed by atoms with van der Waals surface area (Å²) in [6.45, 7) is 4.11. The van der Waals surface area contributed by atoms with Crippen LogP contribution >= 0.6 is 0 Å². The summed E-state index contributed by atoms with van der Waals surface area (Å²) >= 11 is 0. The van der Waals surface area contributed by atoms with Gasteiger partial charge in [-0.15, -0.1) is 0 Å². The Morgan fingerprint density at radius 2 is 2.00 bits per heavy atom. The zero-order chi connectivity index (χ0) is 13.5. The molecular formula is C17H21NO. The summed E-state index contributed by atoms with van der Waals surface area (Å²) in [6, 6.07) is 12.5. The first-order chi connectivity index (χ1) is 9.36. The molecule has 0 aliphatic carbocycles. The van der Waals surface area contributed by atoms with Gasteiger partial charge in [-0.3, -0.25) is 0 Å². The Hall–Kier alpha value is -1.80. The minimum Gasteiger partial charge on any atom is -0.496 e. The van der Waals surface area contributed by atoms with E-state index < -0.39 is 0 Å². The molecule has 100 valence electrons. The van der Waals surface area contributed by atoms with Crippen molar-refractivity contribution in [2.45, 2.75) is 13.3 Å². The second-order valence-electron chi connectivity index (χ2n) is 4.51. The number of hydrogen-bond donors (Lipinski definition) is 1. The van der Waals surface area contributed by atoms with Crippen LogP contribution in [0.3, 0.4) is 0 Å². The molecule has 0 aliphatic heterocycles. The Morgan fingerprint density at radius 1 is 1.16 bits per heavy atom. The fourth-order valence-electron chi connectivity index (χ4n) is 2.16. The SMILES string of the molecule is CCCNCC=Cc1c(OC)ccc2ccccc12. The van der Waals surface area contributed by atoms with E-state index in [-0.39, 0.29) is 0 Å². The van der Waals surface area contributed by atoms with Gasteiger partial charge in [0.15, 0.2) is 0 Å². The van der Waals surface area contributed by atoms with Crippen LogP contribution < -0.4 is 10.1 Å². The summed E-state index contributed by atoms with van der Waals surface area (Å²) in [5.41, 5.74) is 1.15. The van der Waals surface area contributed by atoms with Gasteiger partial charge in [0, 0.05) is 12.1 Å². The van der Waals surface area contributed by atoms with E-state index in [0.29, 0.717) is 0 Å². The molecule has 2 nitrogen and oxygen atoms in total. The topological polar surface area (TPSA) is 21.3 Å². The van der Waals surface area contributed by atoms with E-state index in [0.717, 1.165) is 30.8 Å². The van der Waals surface area contributed by atoms with Gasteiger partial charge >= 0.3 is 0 Å². The predicted octanol–water partition coefficient (Wildman–Crippen LogP) is 3.86. The van der Waals surface area contributed by atoms with E-state index in [1.165, 1.54) is 10.8 Å². The molecule has 0 heterocycles. The van der Waals surface area contributed by atoms with Gasteiger partial charge in [0.2, 0.25) is 0 Å². The molecule has 0 spiro atoms. The average molecular weight is 255 g/mol. The van der Waals surface area contributed by atoms with Crippen molar-refractivity contribution in [3.8, 4) is 5.75 Å². The molecule has 19 heavy (non-hydrogen) atoms. The average Bonchev–Trinajstić information content (AvgIpc) is 2.47. The third kappa shape index (κ3) is 3.36. The van der Waals surface area contributed by atoms with Crippen LogP contribution in [-0.2, 0) is 0 Å². The van der Waals surface area contributed by atoms with E-state index in [2.05, 4.69) is 54.7 Å². The molecule has 0 saturated heterocycles. The highest BCUT2D eigenvalue weighted by atomic mass is 16.5. The molecule has 2 heteroatoms. The molecule has 0 bridgehead atoms. The van der Waals surface area contributed by atoms with Gasteiger partial charge in [-0.2, -0.15) is 0 Å². The van der Waals surface area contributed by atoms with E-state index in [4.69, 9.17) is 4.74 Å². The minimum atomic E-state index is 0.889. The van der Waals surface area contributed by atoms with Gasteiger partial charge in [0.05, 0.1) is 7.11 Å². The second-order valence-corrected chi connectivity index (χ2v) is 4.51. The maximum absolute atomic E-state index is 5.46. The van der Waals surface area contributed by atoms with Crippen LogP contribution in [0.5, 0.6) is 5.75 Å². The monoisotopic (exact) mass is 255 g/mol. The van der Waals surface area contributed by atoms with E-state index >= 15 is 0 Å². The first kappa shape index (κ1) is 13.6. The van der Waals surface area contributed by atoms with Crippen molar-refractivity contribution in [3.05, 3.63) is 48.0 Å². The predicted molar refractivity (Wildman–Crippen MR) is 82.7 cm³/mol. The number of rotatable bonds is 6. The van der Waals surface area contributed by atoms with Gasteiger partial charge in [-0.05, 0) is 29.8 Å². The zero-order valence-electron chi connectivity index (χ0n) is 11.6. The number of nitrogens with one attached hydrogen (secondary N) is 1. The van der Waals surface area contributed by atoms with Crippen LogP contribution in [0.2, 0.25) is 0 Å². The quantitative estimate of drug-likeness (QED) is 0.791.